The van der Waals surface area contributed by atoms with Crippen LogP contribution in [0.1, 0.15) is 18.3 Å². The maximum atomic E-state index is 12.2. The third-order valence-corrected chi connectivity index (χ3v) is 4.19. The molecule has 0 bridgehead atoms. The van der Waals surface area contributed by atoms with Crippen molar-refractivity contribution in [3.8, 4) is 5.75 Å². The van der Waals surface area contributed by atoms with Gasteiger partial charge >= 0.3 is 0 Å². The molecule has 0 saturated carbocycles. The summed E-state index contributed by atoms with van der Waals surface area (Å²) in [7, 11) is 0. The number of nitrogens with one attached hydrogen (secondary N) is 1. The van der Waals surface area contributed by atoms with Crippen molar-refractivity contribution in [1.82, 2.24) is 19.9 Å². The fraction of sp³-hybridized carbons (Fsp3) is 0.235. The van der Waals surface area contributed by atoms with Crippen molar-refractivity contribution in [3.63, 3.8) is 0 Å². The number of aryl methyl sites for hydroxylation is 1. The molecule has 1 atom stereocenters. The Labute approximate surface area is 148 Å². The molecule has 0 unspecified atom stereocenters. The molecule has 0 aliphatic rings. The molecule has 1 amide bonds. The predicted octanol–water partition coefficient (Wildman–Crippen LogP) is 2.88. The number of benzene rings is 1. The van der Waals surface area contributed by atoms with E-state index in [1.165, 1.54) is 0 Å². The summed E-state index contributed by atoms with van der Waals surface area (Å²) in [4.78, 5) is 12.2. The van der Waals surface area contributed by atoms with E-state index in [2.05, 4.69) is 31.4 Å². The van der Waals surface area contributed by atoms with Gasteiger partial charge in [0.15, 0.2) is 17.6 Å². The molecule has 0 radical (unpaired) electrons. The van der Waals surface area contributed by atoms with Crippen molar-refractivity contribution >= 4 is 27.5 Å². The number of aromatic nitrogens is 3. The van der Waals surface area contributed by atoms with Crippen LogP contribution < -0.4 is 10.1 Å². The van der Waals surface area contributed by atoms with Gasteiger partial charge in [0.1, 0.15) is 5.75 Å². The summed E-state index contributed by atoms with van der Waals surface area (Å²) in [5.41, 5.74) is 1.86. The first kappa shape index (κ1) is 16.4. The van der Waals surface area contributed by atoms with Crippen LogP contribution in [0.5, 0.6) is 5.75 Å². The highest BCUT2D eigenvalue weighted by Crippen LogP contribution is 2.26. The second-order valence-corrected chi connectivity index (χ2v) is 6.31. The summed E-state index contributed by atoms with van der Waals surface area (Å²) in [6.07, 6.45) is 1.24. The Kier molecular flexibility index (Phi) is 4.80. The predicted molar refractivity (Wildman–Crippen MR) is 93.8 cm³/mol. The molecule has 1 aromatic carbocycles. The number of amides is 1. The van der Waals surface area contributed by atoms with Crippen LogP contribution in [0.15, 0.2) is 47.1 Å². The number of hydrogen-bond acceptors (Lipinski definition) is 4. The molecular formula is C17H17BrN4O2. The van der Waals surface area contributed by atoms with Crippen LogP contribution in [0.3, 0.4) is 0 Å². The molecule has 124 valence electrons. The van der Waals surface area contributed by atoms with E-state index < -0.39 is 6.10 Å². The molecular weight excluding hydrogens is 372 g/mol. The van der Waals surface area contributed by atoms with Crippen LogP contribution in [-0.4, -0.2) is 26.6 Å². The molecule has 2 heterocycles. The number of ether oxygens (including phenoxy) is 1. The minimum Gasteiger partial charge on any atom is -0.480 e. The standard InChI is InChI=1S/C17H17BrN4O2/c1-11-6-7-14(13(18)9-11)24-12(2)17(23)19-10-16-21-20-15-5-3-4-8-22(15)16/h3-9,12H,10H2,1-2H3,(H,19,23)/t12-/m0/s1. The molecule has 0 aliphatic carbocycles. The van der Waals surface area contributed by atoms with Gasteiger partial charge in [0.25, 0.3) is 5.91 Å². The zero-order valence-corrected chi connectivity index (χ0v) is 14.9. The van der Waals surface area contributed by atoms with Crippen molar-refractivity contribution < 1.29 is 9.53 Å². The van der Waals surface area contributed by atoms with Crippen LogP contribution >= 0.6 is 15.9 Å². The van der Waals surface area contributed by atoms with Crippen LogP contribution in [0, 0.1) is 6.92 Å². The molecule has 0 fully saturated rings. The highest BCUT2D eigenvalue weighted by atomic mass is 79.9. The summed E-state index contributed by atoms with van der Waals surface area (Å²) in [6, 6.07) is 11.4. The number of fused-ring (bicyclic) bond motifs is 1. The minimum absolute atomic E-state index is 0.213. The molecule has 0 saturated heterocycles. The number of pyridine rings is 1. The van der Waals surface area contributed by atoms with Gasteiger partial charge < -0.3 is 10.1 Å². The molecule has 1 N–H and O–H groups in total. The Morgan fingerprint density at radius 2 is 2.17 bits per heavy atom. The lowest BCUT2D eigenvalue weighted by atomic mass is 10.2. The van der Waals surface area contributed by atoms with Gasteiger partial charge in [-0.3, -0.25) is 9.20 Å². The second-order valence-electron chi connectivity index (χ2n) is 5.46. The monoisotopic (exact) mass is 388 g/mol. The first-order chi connectivity index (χ1) is 11.5. The lowest BCUT2D eigenvalue weighted by Gasteiger charge is -2.15. The van der Waals surface area contributed by atoms with Crippen molar-refractivity contribution in [3.05, 3.63) is 58.5 Å². The average Bonchev–Trinajstić information content (AvgIpc) is 2.98. The Morgan fingerprint density at radius 3 is 2.96 bits per heavy atom. The average molecular weight is 389 g/mol. The summed E-state index contributed by atoms with van der Waals surface area (Å²) in [5, 5.41) is 11.0. The summed E-state index contributed by atoms with van der Waals surface area (Å²) in [6.45, 7) is 3.99. The Hall–Kier alpha value is -2.41. The van der Waals surface area contributed by atoms with Crippen molar-refractivity contribution in [2.75, 3.05) is 0 Å². The Bertz CT molecular complexity index is 878. The number of carbonyl (C=O) groups excluding carboxylic acids is 1. The van der Waals surface area contributed by atoms with Gasteiger partial charge in [0.2, 0.25) is 0 Å². The zero-order chi connectivity index (χ0) is 17.1. The SMILES string of the molecule is Cc1ccc(O[C@@H](C)C(=O)NCc2nnc3ccccn23)c(Br)c1. The van der Waals surface area contributed by atoms with Gasteiger partial charge in [-0.05, 0) is 59.6 Å². The fourth-order valence-corrected chi connectivity index (χ4v) is 2.85. The third-order valence-electron chi connectivity index (χ3n) is 3.57. The first-order valence-electron chi connectivity index (χ1n) is 7.54. The van der Waals surface area contributed by atoms with E-state index in [0.29, 0.717) is 11.6 Å². The number of hydrogen-bond donors (Lipinski definition) is 1. The van der Waals surface area contributed by atoms with Crippen LogP contribution in [0.2, 0.25) is 0 Å². The second kappa shape index (κ2) is 7.00. The fourth-order valence-electron chi connectivity index (χ4n) is 2.27. The molecule has 0 aliphatic heterocycles. The first-order valence-corrected chi connectivity index (χ1v) is 8.33. The van der Waals surface area contributed by atoms with Crippen molar-refractivity contribution in [2.45, 2.75) is 26.5 Å². The van der Waals surface area contributed by atoms with Gasteiger partial charge in [-0.15, -0.1) is 10.2 Å². The molecule has 0 spiro atoms. The largest absolute Gasteiger partial charge is 0.480 e. The molecule has 3 aromatic rings. The van der Waals surface area contributed by atoms with E-state index in [9.17, 15) is 4.79 Å². The normalized spacial score (nSPS) is 12.1. The lowest BCUT2D eigenvalue weighted by Crippen LogP contribution is -2.36. The maximum absolute atomic E-state index is 12.2. The van der Waals surface area contributed by atoms with Gasteiger partial charge in [-0.2, -0.15) is 0 Å². The quantitative estimate of drug-likeness (QED) is 0.729. The van der Waals surface area contributed by atoms with Gasteiger partial charge in [-0.25, -0.2) is 0 Å². The van der Waals surface area contributed by atoms with Crippen LogP contribution in [-0.2, 0) is 11.3 Å². The van der Waals surface area contributed by atoms with E-state index in [1.54, 1.807) is 6.92 Å². The molecule has 6 nitrogen and oxygen atoms in total. The third kappa shape index (κ3) is 3.56. The molecule has 7 heteroatoms. The molecule has 2 aromatic heterocycles. The van der Waals surface area contributed by atoms with E-state index in [0.717, 1.165) is 15.7 Å². The minimum atomic E-state index is -0.622. The lowest BCUT2D eigenvalue weighted by molar-refractivity contribution is -0.127. The van der Waals surface area contributed by atoms with E-state index in [4.69, 9.17) is 4.74 Å². The van der Waals surface area contributed by atoms with E-state index in [-0.39, 0.29) is 12.5 Å². The zero-order valence-electron chi connectivity index (χ0n) is 13.4. The topological polar surface area (TPSA) is 68.5 Å². The van der Waals surface area contributed by atoms with Gasteiger partial charge in [0.05, 0.1) is 11.0 Å². The van der Waals surface area contributed by atoms with Crippen molar-refractivity contribution in [2.24, 2.45) is 0 Å². The van der Waals surface area contributed by atoms with E-state index >= 15 is 0 Å². The number of nitrogens with zero attached hydrogens (tertiary/aromatic N) is 3. The number of halogens is 1. The van der Waals surface area contributed by atoms with Crippen LogP contribution in [0.25, 0.3) is 5.65 Å². The maximum Gasteiger partial charge on any atom is 0.261 e. The molecule has 3 rings (SSSR count). The van der Waals surface area contributed by atoms with E-state index in [1.807, 2.05) is 53.9 Å². The van der Waals surface area contributed by atoms with Gasteiger partial charge in [-0.1, -0.05) is 12.1 Å². The number of carbonyl (C=O) groups is 1. The van der Waals surface area contributed by atoms with Crippen molar-refractivity contribution in [1.29, 1.82) is 0 Å². The highest BCUT2D eigenvalue weighted by Gasteiger charge is 2.16. The Morgan fingerprint density at radius 1 is 1.33 bits per heavy atom. The van der Waals surface area contributed by atoms with Crippen LogP contribution in [0.4, 0.5) is 0 Å². The summed E-state index contributed by atoms with van der Waals surface area (Å²) in [5.74, 6) is 1.09. The Balaban J connectivity index is 1.62. The summed E-state index contributed by atoms with van der Waals surface area (Å²) >= 11 is 3.44. The summed E-state index contributed by atoms with van der Waals surface area (Å²) < 4.78 is 8.38. The number of rotatable bonds is 5. The van der Waals surface area contributed by atoms with Gasteiger partial charge in [0, 0.05) is 6.20 Å². The highest BCUT2D eigenvalue weighted by molar-refractivity contribution is 9.10. The molecule has 24 heavy (non-hydrogen) atoms. The smallest absolute Gasteiger partial charge is 0.261 e.